The molecule has 0 N–H and O–H groups in total. The Morgan fingerprint density at radius 2 is 1.75 bits per heavy atom. The Morgan fingerprint density at radius 3 is 2.32 bits per heavy atom. The van der Waals surface area contributed by atoms with Gasteiger partial charge in [-0.2, -0.15) is 11.8 Å². The molecule has 7 heteroatoms. The lowest BCUT2D eigenvalue weighted by Gasteiger charge is -2.29. The van der Waals surface area contributed by atoms with Gasteiger partial charge in [-0.3, -0.25) is 0 Å². The van der Waals surface area contributed by atoms with Crippen LogP contribution in [0.15, 0.2) is 11.5 Å². The molecule has 0 amide bonds. The number of likely N-dealkylation sites (tertiary alicyclic amines) is 1. The number of allylic oxidation sites excluding steroid dienone is 1. The van der Waals surface area contributed by atoms with E-state index in [0.29, 0.717) is 6.04 Å². The first kappa shape index (κ1) is 21.3. The van der Waals surface area contributed by atoms with Gasteiger partial charge in [0.05, 0.1) is 12.6 Å². The molecule has 0 bridgehead atoms. The minimum atomic E-state index is 0.265. The molecule has 0 aliphatic carbocycles. The lowest BCUT2D eigenvalue weighted by Crippen LogP contribution is -2.35. The van der Waals surface area contributed by atoms with Crippen LogP contribution in [0.5, 0.6) is 0 Å². The van der Waals surface area contributed by atoms with Crippen molar-refractivity contribution in [1.82, 2.24) is 19.6 Å². The Hall–Kier alpha value is -1.41. The average molecular weight is 403 g/mol. The maximum absolute atomic E-state index is 9.49. The van der Waals surface area contributed by atoms with Crippen LogP contribution >= 0.6 is 11.8 Å². The van der Waals surface area contributed by atoms with E-state index in [0.717, 1.165) is 57.9 Å². The molecule has 28 heavy (non-hydrogen) atoms. The Bertz CT molecular complexity index is 599. The van der Waals surface area contributed by atoms with Crippen molar-refractivity contribution in [1.29, 1.82) is 5.26 Å². The van der Waals surface area contributed by atoms with Gasteiger partial charge in [0.15, 0.2) is 0 Å². The highest BCUT2D eigenvalue weighted by Gasteiger charge is 2.28. The summed E-state index contributed by atoms with van der Waals surface area (Å²) >= 11 is 2.05. The molecule has 0 unspecified atom stereocenters. The average Bonchev–Trinajstić information content (AvgIpc) is 3.31. The molecular weight excluding hydrogens is 368 g/mol. The van der Waals surface area contributed by atoms with Crippen LogP contribution in [0.25, 0.3) is 4.85 Å². The number of hydrogen-bond acceptors (Lipinski definition) is 6. The highest BCUT2D eigenvalue weighted by atomic mass is 32.2. The van der Waals surface area contributed by atoms with Crippen molar-refractivity contribution in [3.05, 3.63) is 22.9 Å². The van der Waals surface area contributed by atoms with Gasteiger partial charge in [-0.05, 0) is 45.7 Å². The first-order valence-electron chi connectivity index (χ1n) is 10.8. The molecule has 0 aromatic heterocycles. The number of thioether (sulfide) groups is 1. The maximum Gasteiger partial charge on any atom is 0.300 e. The van der Waals surface area contributed by atoms with E-state index in [9.17, 15) is 5.26 Å². The van der Waals surface area contributed by atoms with Crippen molar-refractivity contribution in [3.63, 3.8) is 0 Å². The predicted octanol–water partition coefficient (Wildman–Crippen LogP) is 2.53. The standard InChI is InChI=1S/C21H34N6S/c1-19-6-3-8-25(19)9-5-11-27-13-12-26(21(27)20(18-22)23-2)10-4-7-24-14-16-28-17-15-24/h19H,3-17H2,1H3/b21-20-/t19-/m0/s1. The molecule has 3 aliphatic heterocycles. The summed E-state index contributed by atoms with van der Waals surface area (Å²) in [6.45, 7) is 19.4. The third-order valence-corrected chi connectivity index (χ3v) is 7.18. The van der Waals surface area contributed by atoms with E-state index in [-0.39, 0.29) is 5.70 Å². The van der Waals surface area contributed by atoms with E-state index in [2.05, 4.69) is 37.4 Å². The SMILES string of the molecule is [C-]#[N+]/C(C#N)=C1/N(CCCN2CCSCC2)CCN1CCCN1CCC[C@@H]1C. The fourth-order valence-electron chi connectivity index (χ4n) is 4.61. The van der Waals surface area contributed by atoms with Crippen molar-refractivity contribution < 1.29 is 0 Å². The lowest BCUT2D eigenvalue weighted by atomic mass is 10.2. The monoisotopic (exact) mass is 402 g/mol. The van der Waals surface area contributed by atoms with Crippen molar-refractivity contribution >= 4 is 11.8 Å². The van der Waals surface area contributed by atoms with Gasteiger partial charge in [0.25, 0.3) is 0 Å². The Morgan fingerprint density at radius 1 is 1.07 bits per heavy atom. The molecular formula is C21H34N6S. The number of nitriles is 1. The van der Waals surface area contributed by atoms with E-state index >= 15 is 0 Å². The van der Waals surface area contributed by atoms with Gasteiger partial charge in [0.1, 0.15) is 5.82 Å². The quantitative estimate of drug-likeness (QED) is 0.459. The first-order chi connectivity index (χ1) is 13.7. The van der Waals surface area contributed by atoms with Crippen molar-refractivity contribution in [3.8, 4) is 6.07 Å². The molecule has 0 saturated carbocycles. The molecule has 154 valence electrons. The zero-order valence-corrected chi connectivity index (χ0v) is 18.1. The van der Waals surface area contributed by atoms with E-state index in [1.165, 1.54) is 44.0 Å². The van der Waals surface area contributed by atoms with E-state index in [4.69, 9.17) is 6.57 Å². The van der Waals surface area contributed by atoms with Gasteiger partial charge in [0.2, 0.25) is 0 Å². The second-order valence-electron chi connectivity index (χ2n) is 8.06. The largest absolute Gasteiger partial charge is 0.365 e. The molecule has 1 atom stereocenters. The Kier molecular flexibility index (Phi) is 8.33. The highest BCUT2D eigenvalue weighted by molar-refractivity contribution is 7.99. The molecule has 0 aromatic rings. The first-order valence-corrected chi connectivity index (χ1v) is 11.9. The molecule has 0 spiro atoms. The molecule has 6 nitrogen and oxygen atoms in total. The van der Waals surface area contributed by atoms with E-state index in [1.807, 2.05) is 11.8 Å². The Balaban J connectivity index is 1.51. The number of rotatable bonds is 8. The summed E-state index contributed by atoms with van der Waals surface area (Å²) in [5.74, 6) is 3.38. The third kappa shape index (κ3) is 5.56. The van der Waals surface area contributed by atoms with E-state index < -0.39 is 0 Å². The summed E-state index contributed by atoms with van der Waals surface area (Å²) in [5, 5.41) is 9.49. The predicted molar refractivity (Wildman–Crippen MR) is 116 cm³/mol. The van der Waals surface area contributed by atoms with Crippen LogP contribution in [-0.2, 0) is 0 Å². The summed E-state index contributed by atoms with van der Waals surface area (Å²) in [6, 6.07) is 2.86. The molecule has 3 rings (SSSR count). The van der Waals surface area contributed by atoms with Crippen LogP contribution < -0.4 is 0 Å². The van der Waals surface area contributed by atoms with Crippen LogP contribution in [0, 0.1) is 17.9 Å². The number of hydrogen-bond donors (Lipinski definition) is 0. The fraction of sp³-hybridized carbons (Fsp3) is 0.810. The maximum atomic E-state index is 9.49. The third-order valence-electron chi connectivity index (χ3n) is 6.24. The highest BCUT2D eigenvalue weighted by Crippen LogP contribution is 2.24. The molecule has 0 radical (unpaired) electrons. The fourth-order valence-corrected chi connectivity index (χ4v) is 5.59. The summed E-state index contributed by atoms with van der Waals surface area (Å²) in [4.78, 5) is 13.2. The van der Waals surface area contributed by atoms with Crippen LogP contribution in [0.3, 0.4) is 0 Å². The summed E-state index contributed by atoms with van der Waals surface area (Å²) in [6.07, 6.45) is 4.83. The van der Waals surface area contributed by atoms with Gasteiger partial charge in [0, 0.05) is 63.4 Å². The molecule has 0 aromatic carbocycles. The molecule has 3 aliphatic rings. The topological polar surface area (TPSA) is 41.1 Å². The molecule has 3 fully saturated rings. The van der Waals surface area contributed by atoms with Gasteiger partial charge in [-0.1, -0.05) is 0 Å². The molecule has 3 heterocycles. The van der Waals surface area contributed by atoms with Crippen LogP contribution in [-0.4, -0.2) is 96.0 Å². The smallest absolute Gasteiger partial charge is 0.300 e. The van der Waals surface area contributed by atoms with Gasteiger partial charge < -0.3 is 19.6 Å². The minimum Gasteiger partial charge on any atom is -0.365 e. The van der Waals surface area contributed by atoms with Crippen LogP contribution in [0.1, 0.15) is 32.6 Å². The minimum absolute atomic E-state index is 0.265. The Labute approximate surface area is 174 Å². The van der Waals surface area contributed by atoms with E-state index in [1.54, 1.807) is 0 Å². The zero-order valence-electron chi connectivity index (χ0n) is 17.3. The summed E-state index contributed by atoms with van der Waals surface area (Å²) < 4.78 is 0. The van der Waals surface area contributed by atoms with Crippen LogP contribution in [0.2, 0.25) is 0 Å². The summed E-state index contributed by atoms with van der Waals surface area (Å²) in [7, 11) is 0. The summed E-state index contributed by atoms with van der Waals surface area (Å²) in [5.41, 5.74) is 0.265. The second kappa shape index (κ2) is 11.0. The molecule has 3 saturated heterocycles. The zero-order chi connectivity index (χ0) is 19.8. The van der Waals surface area contributed by atoms with Crippen molar-refractivity contribution in [2.75, 3.05) is 70.4 Å². The number of nitrogens with zero attached hydrogens (tertiary/aromatic N) is 6. The normalized spacial score (nSPS) is 25.8. The second-order valence-corrected chi connectivity index (χ2v) is 9.28. The van der Waals surface area contributed by atoms with Gasteiger partial charge >= 0.3 is 5.70 Å². The van der Waals surface area contributed by atoms with Gasteiger partial charge in [-0.25, -0.2) is 10.1 Å². The van der Waals surface area contributed by atoms with Crippen LogP contribution in [0.4, 0.5) is 0 Å². The van der Waals surface area contributed by atoms with Crippen molar-refractivity contribution in [2.24, 2.45) is 0 Å². The van der Waals surface area contributed by atoms with Gasteiger partial charge in [-0.15, -0.1) is 0 Å². The van der Waals surface area contributed by atoms with Crippen molar-refractivity contribution in [2.45, 2.75) is 38.6 Å². The lowest BCUT2D eigenvalue weighted by molar-refractivity contribution is 0.243.